The predicted octanol–water partition coefficient (Wildman–Crippen LogP) is 2.36. The van der Waals surface area contributed by atoms with E-state index in [0.717, 1.165) is 13.0 Å². The molecule has 0 aromatic rings. The molecule has 0 fully saturated rings. The lowest BCUT2D eigenvalue weighted by molar-refractivity contribution is 0.114. The van der Waals surface area contributed by atoms with E-state index in [0.29, 0.717) is 12.1 Å². The first-order valence-electron chi connectivity index (χ1n) is 5.11. The van der Waals surface area contributed by atoms with Crippen molar-refractivity contribution in [3.63, 3.8) is 0 Å². The van der Waals surface area contributed by atoms with Crippen LogP contribution in [0.4, 0.5) is 0 Å². The van der Waals surface area contributed by atoms with Crippen LogP contribution in [0, 0.1) is 0 Å². The van der Waals surface area contributed by atoms with Gasteiger partial charge in [-0.15, -0.1) is 6.58 Å². The quantitative estimate of drug-likeness (QED) is 0.586. The Bertz CT molecular complexity index is 125. The summed E-state index contributed by atoms with van der Waals surface area (Å²) in [6.45, 7) is 8.96. The molecule has 2 atom stereocenters. The molecule has 0 aromatic carbocycles. The lowest BCUT2D eigenvalue weighted by Crippen LogP contribution is -2.34. The number of hydrogen-bond acceptors (Lipinski definition) is 2. The maximum Gasteiger partial charge on any atom is 0.0667 e. The lowest BCUT2D eigenvalue weighted by Gasteiger charge is -2.18. The van der Waals surface area contributed by atoms with Crippen molar-refractivity contribution in [2.24, 2.45) is 0 Å². The van der Waals surface area contributed by atoms with Crippen molar-refractivity contribution in [2.45, 2.75) is 45.3 Å². The Morgan fingerprint density at radius 2 is 2.23 bits per heavy atom. The third-order valence-electron chi connectivity index (χ3n) is 2.18. The Hall–Kier alpha value is -0.340. The van der Waals surface area contributed by atoms with E-state index in [1.54, 1.807) is 7.11 Å². The standard InChI is InChI=1S/C11H23NO/c1-5-7-11(8-6-2)12-9-10(3)13-4/h5,10-12H,1,6-9H2,2-4H3. The van der Waals surface area contributed by atoms with Crippen LogP contribution in [-0.2, 0) is 4.74 Å². The minimum atomic E-state index is 0.296. The van der Waals surface area contributed by atoms with Gasteiger partial charge >= 0.3 is 0 Å². The normalized spacial score (nSPS) is 15.3. The van der Waals surface area contributed by atoms with E-state index in [1.807, 2.05) is 6.08 Å². The Morgan fingerprint density at radius 3 is 2.69 bits per heavy atom. The van der Waals surface area contributed by atoms with E-state index < -0.39 is 0 Å². The number of ether oxygens (including phenoxy) is 1. The van der Waals surface area contributed by atoms with Gasteiger partial charge in [-0.2, -0.15) is 0 Å². The van der Waals surface area contributed by atoms with E-state index in [1.165, 1.54) is 12.8 Å². The fraction of sp³-hybridized carbons (Fsp3) is 0.818. The van der Waals surface area contributed by atoms with E-state index in [9.17, 15) is 0 Å². The van der Waals surface area contributed by atoms with Gasteiger partial charge < -0.3 is 10.1 Å². The van der Waals surface area contributed by atoms with Crippen LogP contribution in [0.15, 0.2) is 12.7 Å². The monoisotopic (exact) mass is 185 g/mol. The maximum atomic E-state index is 5.17. The molecule has 0 radical (unpaired) electrons. The number of rotatable bonds is 8. The SMILES string of the molecule is C=CCC(CCC)NCC(C)OC. The van der Waals surface area contributed by atoms with Crippen LogP contribution < -0.4 is 5.32 Å². The summed E-state index contributed by atoms with van der Waals surface area (Å²) < 4.78 is 5.17. The Morgan fingerprint density at radius 1 is 1.54 bits per heavy atom. The molecular formula is C11H23NO. The molecule has 13 heavy (non-hydrogen) atoms. The molecule has 0 rings (SSSR count). The Kier molecular flexibility index (Phi) is 8.05. The van der Waals surface area contributed by atoms with Gasteiger partial charge in [0.25, 0.3) is 0 Å². The van der Waals surface area contributed by atoms with Gasteiger partial charge in [-0.05, 0) is 19.8 Å². The summed E-state index contributed by atoms with van der Waals surface area (Å²) in [6, 6.07) is 0.570. The molecule has 78 valence electrons. The molecule has 0 bridgehead atoms. The fourth-order valence-electron chi connectivity index (χ4n) is 1.27. The second-order valence-corrected chi connectivity index (χ2v) is 3.46. The van der Waals surface area contributed by atoms with Gasteiger partial charge in [-0.25, -0.2) is 0 Å². The molecule has 0 saturated heterocycles. The Balaban J connectivity index is 3.60. The van der Waals surface area contributed by atoms with Crippen molar-refractivity contribution >= 4 is 0 Å². The molecule has 0 aliphatic heterocycles. The van der Waals surface area contributed by atoms with Gasteiger partial charge in [0.15, 0.2) is 0 Å². The predicted molar refractivity (Wildman–Crippen MR) is 58.0 cm³/mol. The van der Waals surface area contributed by atoms with Crippen LogP contribution in [0.2, 0.25) is 0 Å². The molecule has 0 aliphatic carbocycles. The summed E-state index contributed by atoms with van der Waals surface area (Å²) in [4.78, 5) is 0. The summed E-state index contributed by atoms with van der Waals surface area (Å²) in [6.07, 6.45) is 5.74. The Labute approximate surface area is 82.4 Å². The van der Waals surface area contributed by atoms with Crippen molar-refractivity contribution in [1.82, 2.24) is 5.32 Å². The summed E-state index contributed by atoms with van der Waals surface area (Å²) in [5.74, 6) is 0. The minimum absolute atomic E-state index is 0.296. The highest BCUT2D eigenvalue weighted by molar-refractivity contribution is 4.78. The molecule has 0 aliphatic rings. The van der Waals surface area contributed by atoms with Crippen LogP contribution in [0.3, 0.4) is 0 Å². The zero-order valence-corrected chi connectivity index (χ0v) is 9.18. The molecule has 2 heteroatoms. The van der Waals surface area contributed by atoms with Crippen molar-refractivity contribution in [3.8, 4) is 0 Å². The van der Waals surface area contributed by atoms with Gasteiger partial charge in [0, 0.05) is 19.7 Å². The molecule has 0 saturated carbocycles. The molecule has 0 amide bonds. The molecular weight excluding hydrogens is 162 g/mol. The summed E-state index contributed by atoms with van der Waals surface area (Å²) in [5, 5.41) is 3.48. The van der Waals surface area contributed by atoms with Crippen LogP contribution in [-0.4, -0.2) is 25.8 Å². The summed E-state index contributed by atoms with van der Waals surface area (Å²) in [7, 11) is 1.74. The number of nitrogens with one attached hydrogen (secondary N) is 1. The average molecular weight is 185 g/mol. The zero-order chi connectivity index (χ0) is 10.1. The van der Waals surface area contributed by atoms with E-state index in [2.05, 4.69) is 25.7 Å². The van der Waals surface area contributed by atoms with E-state index in [4.69, 9.17) is 4.74 Å². The van der Waals surface area contributed by atoms with Crippen LogP contribution >= 0.6 is 0 Å². The van der Waals surface area contributed by atoms with Crippen LogP contribution in [0.5, 0.6) is 0 Å². The average Bonchev–Trinajstić information content (AvgIpc) is 2.14. The maximum absolute atomic E-state index is 5.17. The zero-order valence-electron chi connectivity index (χ0n) is 9.18. The van der Waals surface area contributed by atoms with Crippen molar-refractivity contribution in [2.75, 3.05) is 13.7 Å². The van der Waals surface area contributed by atoms with Gasteiger partial charge in [-0.1, -0.05) is 19.4 Å². The molecule has 1 N–H and O–H groups in total. The molecule has 2 unspecified atom stereocenters. The second-order valence-electron chi connectivity index (χ2n) is 3.46. The van der Waals surface area contributed by atoms with Gasteiger partial charge in [0.2, 0.25) is 0 Å². The first-order chi connectivity index (χ1) is 6.24. The highest BCUT2D eigenvalue weighted by atomic mass is 16.5. The molecule has 0 heterocycles. The third-order valence-corrected chi connectivity index (χ3v) is 2.18. The minimum Gasteiger partial charge on any atom is -0.380 e. The highest BCUT2D eigenvalue weighted by Gasteiger charge is 2.06. The van der Waals surface area contributed by atoms with Crippen molar-refractivity contribution in [1.29, 1.82) is 0 Å². The van der Waals surface area contributed by atoms with Gasteiger partial charge in [0.1, 0.15) is 0 Å². The first kappa shape index (κ1) is 12.7. The molecule has 2 nitrogen and oxygen atoms in total. The second kappa shape index (κ2) is 8.27. The van der Waals surface area contributed by atoms with Gasteiger partial charge in [0.05, 0.1) is 6.10 Å². The van der Waals surface area contributed by atoms with Gasteiger partial charge in [-0.3, -0.25) is 0 Å². The molecule has 0 aromatic heterocycles. The van der Waals surface area contributed by atoms with Crippen LogP contribution in [0.1, 0.15) is 33.1 Å². The number of methoxy groups -OCH3 is 1. The summed E-state index contributed by atoms with van der Waals surface area (Å²) in [5.41, 5.74) is 0. The smallest absolute Gasteiger partial charge is 0.0667 e. The largest absolute Gasteiger partial charge is 0.380 e. The van der Waals surface area contributed by atoms with Crippen molar-refractivity contribution in [3.05, 3.63) is 12.7 Å². The van der Waals surface area contributed by atoms with E-state index >= 15 is 0 Å². The van der Waals surface area contributed by atoms with Crippen LogP contribution in [0.25, 0.3) is 0 Å². The topological polar surface area (TPSA) is 21.3 Å². The third kappa shape index (κ3) is 6.79. The van der Waals surface area contributed by atoms with E-state index in [-0.39, 0.29) is 0 Å². The summed E-state index contributed by atoms with van der Waals surface area (Å²) >= 11 is 0. The fourth-order valence-corrected chi connectivity index (χ4v) is 1.27. The first-order valence-corrected chi connectivity index (χ1v) is 5.11. The molecule has 0 spiro atoms. The lowest BCUT2D eigenvalue weighted by atomic mass is 10.1. The van der Waals surface area contributed by atoms with Crippen molar-refractivity contribution < 1.29 is 4.74 Å². The highest BCUT2D eigenvalue weighted by Crippen LogP contribution is 2.02. The number of hydrogen-bond donors (Lipinski definition) is 1.